The molecule has 0 aromatic rings. The summed E-state index contributed by atoms with van der Waals surface area (Å²) < 4.78 is -1.50. The Labute approximate surface area is 148 Å². The molecule has 20 heavy (non-hydrogen) atoms. The summed E-state index contributed by atoms with van der Waals surface area (Å²) in [7, 11) is 0. The zero-order valence-electron chi connectivity index (χ0n) is 10.7. The van der Waals surface area contributed by atoms with Gasteiger partial charge in [-0.25, -0.2) is 0 Å². The number of alkyl halides is 4. The van der Waals surface area contributed by atoms with Gasteiger partial charge in [0, 0.05) is 6.42 Å². The molecular formula is C13H12Cl6O. The van der Waals surface area contributed by atoms with E-state index in [4.69, 9.17) is 69.6 Å². The number of hydrogen-bond donors (Lipinski definition) is 1. The van der Waals surface area contributed by atoms with Crippen molar-refractivity contribution in [2.75, 3.05) is 0 Å². The number of rotatable bonds is 1. The van der Waals surface area contributed by atoms with E-state index in [2.05, 4.69) is 11.8 Å². The molecule has 0 amide bonds. The van der Waals surface area contributed by atoms with Gasteiger partial charge < -0.3 is 5.11 Å². The predicted octanol–water partition coefficient (Wildman–Crippen LogP) is 5.00. The van der Waals surface area contributed by atoms with Crippen LogP contribution in [0.1, 0.15) is 26.7 Å². The van der Waals surface area contributed by atoms with Crippen molar-refractivity contribution in [3.8, 4) is 11.8 Å². The van der Waals surface area contributed by atoms with Crippen LogP contribution in [0.3, 0.4) is 0 Å². The second kappa shape index (κ2) is 5.00. The highest BCUT2D eigenvalue weighted by Gasteiger charge is 2.78. The molecule has 0 unspecified atom stereocenters. The highest BCUT2D eigenvalue weighted by atomic mass is 35.5. The van der Waals surface area contributed by atoms with E-state index in [1.807, 2.05) is 0 Å². The number of fused-ring (bicyclic) bond motifs is 2. The fraction of sp³-hybridized carbons (Fsp3) is 0.692. The van der Waals surface area contributed by atoms with Gasteiger partial charge in [0.1, 0.15) is 15.3 Å². The summed E-state index contributed by atoms with van der Waals surface area (Å²) in [5, 5.41) is 9.98. The first kappa shape index (κ1) is 17.4. The van der Waals surface area contributed by atoms with Gasteiger partial charge in [-0.3, -0.25) is 0 Å². The van der Waals surface area contributed by atoms with Gasteiger partial charge in [0.2, 0.25) is 0 Å². The van der Waals surface area contributed by atoms with Crippen molar-refractivity contribution in [2.45, 2.75) is 46.4 Å². The van der Waals surface area contributed by atoms with E-state index >= 15 is 0 Å². The molecule has 7 heteroatoms. The molecule has 1 fully saturated rings. The molecule has 3 atom stereocenters. The number of hydrogen-bond acceptors (Lipinski definition) is 1. The standard InChI is InChI=1S/C13H12Cl6O/c1-10(2,20)5-3-4-7-6-11(16)8(14)9(15)12(7,17)13(11,18)19/h7,20H,4,6H2,1-2H3/t7-,11-,12-/m1/s1. The van der Waals surface area contributed by atoms with Gasteiger partial charge in [-0.2, -0.15) is 0 Å². The fourth-order valence-electron chi connectivity index (χ4n) is 2.63. The third kappa shape index (κ3) is 2.19. The van der Waals surface area contributed by atoms with Crippen LogP contribution < -0.4 is 0 Å². The second-order valence-electron chi connectivity index (χ2n) is 5.68. The molecule has 0 radical (unpaired) electrons. The Bertz CT molecular complexity index is 537. The normalized spacial score (nSPS) is 39.0. The molecule has 2 aliphatic rings. The van der Waals surface area contributed by atoms with Crippen LogP contribution in [-0.4, -0.2) is 24.8 Å². The number of halogens is 6. The lowest BCUT2D eigenvalue weighted by atomic mass is 9.89. The van der Waals surface area contributed by atoms with Crippen LogP contribution in [0, 0.1) is 17.8 Å². The maximum absolute atomic E-state index is 9.59. The topological polar surface area (TPSA) is 20.2 Å². The second-order valence-corrected chi connectivity index (χ2v) is 9.01. The average Bonchev–Trinajstić information content (AvgIpc) is 2.50. The maximum Gasteiger partial charge on any atom is 0.166 e. The summed E-state index contributed by atoms with van der Waals surface area (Å²) in [5.74, 6) is 5.35. The highest BCUT2D eigenvalue weighted by Crippen LogP contribution is 2.74. The lowest BCUT2D eigenvalue weighted by molar-refractivity contribution is 0.143. The van der Waals surface area contributed by atoms with Crippen LogP contribution in [0.25, 0.3) is 0 Å². The molecule has 2 aliphatic carbocycles. The van der Waals surface area contributed by atoms with Crippen molar-refractivity contribution in [2.24, 2.45) is 5.92 Å². The van der Waals surface area contributed by atoms with Gasteiger partial charge in [0.25, 0.3) is 0 Å². The minimum Gasteiger partial charge on any atom is -0.378 e. The Balaban J connectivity index is 2.35. The van der Waals surface area contributed by atoms with E-state index in [-0.39, 0.29) is 16.0 Å². The van der Waals surface area contributed by atoms with Gasteiger partial charge in [0.05, 0.1) is 10.1 Å². The van der Waals surface area contributed by atoms with Gasteiger partial charge in [-0.15, -0.1) is 23.2 Å². The molecule has 0 spiro atoms. The van der Waals surface area contributed by atoms with Gasteiger partial charge >= 0.3 is 0 Å². The lowest BCUT2D eigenvalue weighted by Crippen LogP contribution is -2.44. The van der Waals surface area contributed by atoms with Gasteiger partial charge in [-0.05, 0) is 26.2 Å². The summed E-state index contributed by atoms with van der Waals surface area (Å²) in [4.78, 5) is -2.46. The van der Waals surface area contributed by atoms with E-state index in [0.29, 0.717) is 12.8 Å². The van der Waals surface area contributed by atoms with E-state index in [0.717, 1.165) is 0 Å². The summed E-state index contributed by atoms with van der Waals surface area (Å²) in [6, 6.07) is 0. The molecule has 0 aliphatic heterocycles. The summed E-state index contributed by atoms with van der Waals surface area (Å²) in [5.41, 5.74) is -1.08. The minimum absolute atomic E-state index is 0.183. The van der Waals surface area contributed by atoms with E-state index in [1.54, 1.807) is 13.8 Å². The Morgan fingerprint density at radius 1 is 1.20 bits per heavy atom. The smallest absolute Gasteiger partial charge is 0.166 e. The Hall–Kier alpha value is 1.00. The zero-order valence-corrected chi connectivity index (χ0v) is 15.2. The Morgan fingerprint density at radius 2 is 1.75 bits per heavy atom. The van der Waals surface area contributed by atoms with Crippen LogP contribution in [0.5, 0.6) is 0 Å². The van der Waals surface area contributed by atoms with Crippen molar-refractivity contribution in [1.82, 2.24) is 0 Å². The lowest BCUT2D eigenvalue weighted by Gasteiger charge is -2.33. The van der Waals surface area contributed by atoms with Crippen LogP contribution in [0.2, 0.25) is 0 Å². The van der Waals surface area contributed by atoms with Crippen LogP contribution in [0.15, 0.2) is 10.1 Å². The molecular weight excluding hydrogens is 385 g/mol. The first-order valence-electron chi connectivity index (χ1n) is 5.92. The van der Waals surface area contributed by atoms with Gasteiger partial charge in [0.15, 0.2) is 4.33 Å². The third-order valence-electron chi connectivity index (χ3n) is 3.65. The minimum atomic E-state index is -1.50. The van der Waals surface area contributed by atoms with E-state index < -0.39 is 19.7 Å². The first-order chi connectivity index (χ1) is 8.88. The van der Waals surface area contributed by atoms with Crippen LogP contribution in [0.4, 0.5) is 0 Å². The quantitative estimate of drug-likeness (QED) is 0.488. The summed E-state index contributed by atoms with van der Waals surface area (Å²) >= 11 is 38.1. The molecule has 2 rings (SSSR count). The average molecular weight is 397 g/mol. The van der Waals surface area contributed by atoms with Crippen molar-refractivity contribution in [1.29, 1.82) is 0 Å². The van der Waals surface area contributed by atoms with Crippen molar-refractivity contribution >= 4 is 69.6 Å². The first-order valence-corrected chi connectivity index (χ1v) is 8.19. The Kier molecular flexibility index (Phi) is 4.34. The molecule has 1 saturated carbocycles. The summed E-state index contributed by atoms with van der Waals surface area (Å²) in [6.45, 7) is 3.19. The SMILES string of the molecule is CC(C)(O)C#CC[C@@H]1C[C@@]2(Cl)C(Cl)=C(Cl)[C@@]1(Cl)C2(Cl)Cl. The molecule has 2 bridgehead atoms. The fourth-order valence-corrected chi connectivity index (χ4v) is 5.48. The predicted molar refractivity (Wildman–Crippen MR) is 87.1 cm³/mol. The van der Waals surface area contributed by atoms with Crippen LogP contribution >= 0.6 is 69.6 Å². The summed E-state index contributed by atoms with van der Waals surface area (Å²) in [6.07, 6.45) is 0.740. The number of aliphatic hydroxyl groups is 1. The monoisotopic (exact) mass is 394 g/mol. The highest BCUT2D eigenvalue weighted by molar-refractivity contribution is 6.65. The number of allylic oxidation sites excluding steroid dienone is 2. The maximum atomic E-state index is 9.59. The molecule has 0 heterocycles. The zero-order chi connectivity index (χ0) is 15.6. The Morgan fingerprint density at radius 3 is 2.15 bits per heavy atom. The van der Waals surface area contributed by atoms with Crippen LogP contribution in [-0.2, 0) is 0 Å². The molecule has 112 valence electrons. The molecule has 0 aromatic carbocycles. The van der Waals surface area contributed by atoms with Gasteiger partial charge in [-0.1, -0.05) is 58.2 Å². The molecule has 0 saturated heterocycles. The van der Waals surface area contributed by atoms with Crippen molar-refractivity contribution in [3.05, 3.63) is 10.1 Å². The molecule has 1 N–H and O–H groups in total. The van der Waals surface area contributed by atoms with E-state index in [1.165, 1.54) is 0 Å². The van der Waals surface area contributed by atoms with E-state index in [9.17, 15) is 5.11 Å². The third-order valence-corrected chi connectivity index (χ3v) is 7.97. The molecule has 1 nitrogen and oxygen atoms in total. The molecule has 0 aromatic heterocycles. The van der Waals surface area contributed by atoms with Crippen molar-refractivity contribution < 1.29 is 5.11 Å². The van der Waals surface area contributed by atoms with Crippen molar-refractivity contribution in [3.63, 3.8) is 0 Å². The largest absolute Gasteiger partial charge is 0.378 e.